The minimum absolute atomic E-state index is 0.0891. The highest BCUT2D eigenvalue weighted by Gasteiger charge is 2.16. The van der Waals surface area contributed by atoms with Crippen LogP contribution in [0.3, 0.4) is 0 Å². The van der Waals surface area contributed by atoms with Gasteiger partial charge in [-0.1, -0.05) is 13.8 Å². The van der Waals surface area contributed by atoms with Gasteiger partial charge in [0.2, 0.25) is 5.88 Å². The Labute approximate surface area is 122 Å². The number of thiazole rings is 1. The zero-order valence-corrected chi connectivity index (χ0v) is 12.5. The van der Waals surface area contributed by atoms with Gasteiger partial charge in [-0.25, -0.2) is 9.97 Å². The lowest BCUT2D eigenvalue weighted by Gasteiger charge is -2.17. The van der Waals surface area contributed by atoms with Crippen molar-refractivity contribution in [2.45, 2.75) is 32.7 Å². The van der Waals surface area contributed by atoms with E-state index in [1.807, 2.05) is 12.3 Å². The van der Waals surface area contributed by atoms with Gasteiger partial charge in [0.1, 0.15) is 17.0 Å². The lowest BCUT2D eigenvalue weighted by Crippen LogP contribution is -2.13. The van der Waals surface area contributed by atoms with Crippen LogP contribution in [-0.2, 0) is 0 Å². The number of hydrogen-bond donors (Lipinski definition) is 2. The van der Waals surface area contributed by atoms with Crippen LogP contribution >= 0.6 is 11.3 Å². The highest BCUT2D eigenvalue weighted by molar-refractivity contribution is 7.09. The molecule has 6 nitrogen and oxygen atoms in total. The van der Waals surface area contributed by atoms with Gasteiger partial charge in [0.25, 0.3) is 0 Å². The molecule has 0 spiro atoms. The fourth-order valence-corrected chi connectivity index (χ4v) is 2.49. The summed E-state index contributed by atoms with van der Waals surface area (Å²) in [6.45, 7) is 4.71. The molecule has 0 bridgehead atoms. The van der Waals surface area contributed by atoms with Crippen molar-refractivity contribution < 1.29 is 4.74 Å². The molecule has 0 aliphatic carbocycles. The van der Waals surface area contributed by atoms with Gasteiger partial charge in [-0.05, 0) is 12.8 Å². The van der Waals surface area contributed by atoms with E-state index in [4.69, 9.17) is 10.5 Å². The number of nitrogens with zero attached hydrogens (tertiary/aromatic N) is 3. The van der Waals surface area contributed by atoms with Gasteiger partial charge in [-0.3, -0.25) is 0 Å². The second kappa shape index (κ2) is 7.04. The summed E-state index contributed by atoms with van der Waals surface area (Å²) in [5.41, 5.74) is 6.49. The predicted octanol–water partition coefficient (Wildman–Crippen LogP) is 2.87. The Morgan fingerprint density at radius 1 is 1.35 bits per heavy atom. The first kappa shape index (κ1) is 14.5. The monoisotopic (exact) mass is 293 g/mol. The van der Waals surface area contributed by atoms with E-state index in [0.717, 1.165) is 17.8 Å². The maximum absolute atomic E-state index is 6.05. The van der Waals surface area contributed by atoms with Crippen LogP contribution in [0.4, 0.5) is 11.5 Å². The Morgan fingerprint density at radius 2 is 2.20 bits per heavy atom. The quantitative estimate of drug-likeness (QED) is 0.816. The average molecular weight is 293 g/mol. The fourth-order valence-electron chi connectivity index (χ4n) is 1.72. The van der Waals surface area contributed by atoms with Crippen LogP contribution in [0.15, 0.2) is 17.9 Å². The van der Waals surface area contributed by atoms with Crippen LogP contribution in [0.25, 0.3) is 0 Å². The number of anilines is 2. The molecular weight excluding hydrogens is 274 g/mol. The van der Waals surface area contributed by atoms with E-state index in [1.54, 1.807) is 17.5 Å². The maximum atomic E-state index is 6.05. The van der Waals surface area contributed by atoms with E-state index in [9.17, 15) is 0 Å². The van der Waals surface area contributed by atoms with Gasteiger partial charge in [0.05, 0.1) is 12.6 Å². The summed E-state index contributed by atoms with van der Waals surface area (Å²) in [4.78, 5) is 12.6. The Balaban J connectivity index is 2.16. The minimum Gasteiger partial charge on any atom is -0.476 e. The zero-order chi connectivity index (χ0) is 14.4. The average Bonchev–Trinajstić information content (AvgIpc) is 2.99. The van der Waals surface area contributed by atoms with Gasteiger partial charge in [-0.2, -0.15) is 4.98 Å². The summed E-state index contributed by atoms with van der Waals surface area (Å²) in [7, 11) is 0. The number of nitrogens with two attached hydrogens (primary N) is 1. The summed E-state index contributed by atoms with van der Waals surface area (Å²) >= 11 is 1.61. The molecule has 0 aliphatic rings. The first-order chi connectivity index (χ1) is 9.76. The van der Waals surface area contributed by atoms with Crippen molar-refractivity contribution in [1.29, 1.82) is 0 Å². The maximum Gasteiger partial charge on any atom is 0.242 e. The van der Waals surface area contributed by atoms with Gasteiger partial charge in [0.15, 0.2) is 5.82 Å². The smallest absolute Gasteiger partial charge is 0.242 e. The highest BCUT2D eigenvalue weighted by Crippen LogP contribution is 2.29. The molecule has 7 heteroatoms. The van der Waals surface area contributed by atoms with Gasteiger partial charge < -0.3 is 15.8 Å². The second-order valence-electron chi connectivity index (χ2n) is 4.27. The topological polar surface area (TPSA) is 86.0 Å². The van der Waals surface area contributed by atoms with E-state index in [2.05, 4.69) is 27.2 Å². The highest BCUT2D eigenvalue weighted by atomic mass is 32.1. The zero-order valence-electron chi connectivity index (χ0n) is 11.7. The fraction of sp³-hybridized carbons (Fsp3) is 0.462. The van der Waals surface area contributed by atoms with Gasteiger partial charge in [-0.15, -0.1) is 11.3 Å². The Morgan fingerprint density at radius 3 is 2.85 bits per heavy atom. The molecule has 2 aromatic heterocycles. The second-order valence-corrected chi connectivity index (χ2v) is 5.19. The molecule has 0 radical (unpaired) electrons. The first-order valence-corrected chi connectivity index (χ1v) is 7.53. The van der Waals surface area contributed by atoms with E-state index in [0.29, 0.717) is 24.0 Å². The van der Waals surface area contributed by atoms with Crippen LogP contribution in [-0.4, -0.2) is 21.6 Å². The third-order valence-corrected chi connectivity index (χ3v) is 3.65. The number of nitrogens with one attached hydrogen (secondary N) is 1. The van der Waals surface area contributed by atoms with Crippen LogP contribution in [0, 0.1) is 0 Å². The van der Waals surface area contributed by atoms with E-state index in [1.165, 1.54) is 6.33 Å². The van der Waals surface area contributed by atoms with E-state index >= 15 is 0 Å². The van der Waals surface area contributed by atoms with Crippen LogP contribution in [0.5, 0.6) is 5.88 Å². The Kier molecular flexibility index (Phi) is 5.11. The summed E-state index contributed by atoms with van der Waals surface area (Å²) in [5.74, 6) is 1.02. The number of ether oxygens (including phenoxy) is 1. The molecule has 0 aliphatic heterocycles. The largest absolute Gasteiger partial charge is 0.476 e. The predicted molar refractivity (Wildman–Crippen MR) is 81.0 cm³/mol. The SMILES string of the molecule is CCCOc1ncnc(NC(CC)c2nccs2)c1N. The summed E-state index contributed by atoms with van der Waals surface area (Å²) in [5, 5.41) is 6.28. The molecule has 3 N–H and O–H groups in total. The number of hydrogen-bond acceptors (Lipinski definition) is 7. The van der Waals surface area contributed by atoms with Gasteiger partial charge in [0, 0.05) is 11.6 Å². The molecule has 0 aromatic carbocycles. The van der Waals surface area contributed by atoms with E-state index in [-0.39, 0.29) is 6.04 Å². The first-order valence-electron chi connectivity index (χ1n) is 6.65. The van der Waals surface area contributed by atoms with Crippen molar-refractivity contribution in [1.82, 2.24) is 15.0 Å². The molecule has 2 rings (SSSR count). The third-order valence-electron chi connectivity index (χ3n) is 2.76. The number of aromatic nitrogens is 3. The molecule has 0 saturated heterocycles. The molecule has 1 atom stereocenters. The molecular formula is C13H19N5OS. The number of nitrogen functional groups attached to an aromatic ring is 1. The normalized spacial score (nSPS) is 12.1. The standard InChI is InChI=1S/C13H19N5OS/c1-3-6-19-12-10(14)11(16-8-17-12)18-9(4-2)13-15-5-7-20-13/h5,7-9H,3-4,6,14H2,1-2H3,(H,16,17,18). The van der Waals surface area contributed by atoms with Crippen molar-refractivity contribution in [2.24, 2.45) is 0 Å². The summed E-state index contributed by atoms with van der Waals surface area (Å²) in [6.07, 6.45) is 5.05. The van der Waals surface area contributed by atoms with Crippen molar-refractivity contribution in [2.75, 3.05) is 17.7 Å². The lowest BCUT2D eigenvalue weighted by molar-refractivity contribution is 0.306. The molecule has 108 valence electrons. The molecule has 0 saturated carbocycles. The lowest BCUT2D eigenvalue weighted by atomic mass is 10.2. The van der Waals surface area contributed by atoms with Crippen LogP contribution in [0.2, 0.25) is 0 Å². The van der Waals surface area contributed by atoms with Crippen LogP contribution < -0.4 is 15.8 Å². The van der Waals surface area contributed by atoms with Gasteiger partial charge >= 0.3 is 0 Å². The minimum atomic E-state index is 0.0891. The van der Waals surface area contributed by atoms with Crippen molar-refractivity contribution in [3.8, 4) is 5.88 Å². The van der Waals surface area contributed by atoms with Crippen molar-refractivity contribution >= 4 is 22.8 Å². The summed E-state index contributed by atoms with van der Waals surface area (Å²) in [6, 6.07) is 0.0891. The molecule has 0 fully saturated rings. The van der Waals surface area contributed by atoms with Crippen molar-refractivity contribution in [3.05, 3.63) is 22.9 Å². The molecule has 2 aromatic rings. The van der Waals surface area contributed by atoms with Crippen LogP contribution in [0.1, 0.15) is 37.7 Å². The molecule has 2 heterocycles. The Bertz CT molecular complexity index is 532. The van der Waals surface area contributed by atoms with E-state index < -0.39 is 0 Å². The Hall–Kier alpha value is -1.89. The molecule has 20 heavy (non-hydrogen) atoms. The van der Waals surface area contributed by atoms with Crippen molar-refractivity contribution in [3.63, 3.8) is 0 Å². The molecule has 1 unspecified atom stereocenters. The summed E-state index contributed by atoms with van der Waals surface area (Å²) < 4.78 is 5.50. The third kappa shape index (κ3) is 3.36. The molecule has 0 amide bonds. The number of rotatable bonds is 7.